The third-order valence-electron chi connectivity index (χ3n) is 3.88. The summed E-state index contributed by atoms with van der Waals surface area (Å²) >= 11 is 8.24. The lowest BCUT2D eigenvalue weighted by Gasteiger charge is -2.26. The Morgan fingerprint density at radius 3 is 2.71 bits per heavy atom. The van der Waals surface area contributed by atoms with Crippen LogP contribution in [0.3, 0.4) is 0 Å². The Morgan fingerprint density at radius 2 is 1.96 bits per heavy atom. The number of aromatic nitrogens is 2. The molecule has 3 rings (SSSR count). The molecule has 0 unspecified atom stereocenters. The molecule has 1 fully saturated rings. The number of carbonyl (C=O) groups is 2. The maximum Gasteiger partial charge on any atom is 0.286 e. The highest BCUT2D eigenvalue weighted by molar-refractivity contribution is 8.01. The number of ether oxygens (including phenoxy) is 1. The molecule has 2 heterocycles. The monoisotopic (exact) mass is 441 g/mol. The van der Waals surface area contributed by atoms with Crippen LogP contribution >= 0.6 is 34.7 Å². The molecule has 1 aliphatic rings. The topological polar surface area (TPSA) is 96.5 Å². The Morgan fingerprint density at radius 1 is 1.21 bits per heavy atom. The van der Waals surface area contributed by atoms with Crippen molar-refractivity contribution in [2.45, 2.75) is 4.34 Å². The number of nitrogens with zero attached hydrogens (tertiary/aromatic N) is 3. The Balaban J connectivity index is 1.38. The van der Waals surface area contributed by atoms with E-state index in [1.165, 1.54) is 11.8 Å². The van der Waals surface area contributed by atoms with Crippen LogP contribution in [0.4, 0.5) is 5.69 Å². The lowest BCUT2D eigenvalue weighted by atomic mass is 10.3. The molecular formula is C17H20ClN5O3S2. The molecule has 0 atom stereocenters. The van der Waals surface area contributed by atoms with Crippen molar-refractivity contribution >= 4 is 52.2 Å². The lowest BCUT2D eigenvalue weighted by Crippen LogP contribution is -2.41. The molecule has 1 aromatic heterocycles. The highest BCUT2D eigenvalue weighted by Gasteiger charge is 2.15. The van der Waals surface area contributed by atoms with Gasteiger partial charge in [-0.15, -0.1) is 10.2 Å². The molecule has 150 valence electrons. The standard InChI is InChI=1S/C17H20ClN5O3S2/c18-12-1-3-13(4-2-12)20-15(25)16-21-22-17(28-16)27-11-14(24)19-5-6-23-7-9-26-10-8-23/h1-4H,5-11H2,(H,19,24)(H,20,25). The van der Waals surface area contributed by atoms with Crippen LogP contribution in [0.1, 0.15) is 9.80 Å². The molecule has 28 heavy (non-hydrogen) atoms. The van der Waals surface area contributed by atoms with E-state index in [-0.39, 0.29) is 22.6 Å². The van der Waals surface area contributed by atoms with Crippen LogP contribution in [-0.4, -0.2) is 72.1 Å². The van der Waals surface area contributed by atoms with Crippen LogP contribution in [0.2, 0.25) is 5.02 Å². The second-order valence-corrected chi connectivity index (χ2v) is 8.56. The van der Waals surface area contributed by atoms with E-state index in [0.717, 1.165) is 44.2 Å². The van der Waals surface area contributed by atoms with Crippen molar-refractivity contribution in [2.75, 3.05) is 50.5 Å². The van der Waals surface area contributed by atoms with E-state index in [2.05, 4.69) is 25.7 Å². The lowest BCUT2D eigenvalue weighted by molar-refractivity contribution is -0.118. The van der Waals surface area contributed by atoms with Gasteiger partial charge in [-0.05, 0) is 24.3 Å². The number of rotatable bonds is 8. The number of hydrogen-bond acceptors (Lipinski definition) is 8. The second kappa shape index (κ2) is 10.7. The first-order valence-corrected chi connectivity index (χ1v) is 10.9. The molecule has 0 aliphatic carbocycles. The number of halogens is 1. The van der Waals surface area contributed by atoms with Gasteiger partial charge in [0.2, 0.25) is 10.9 Å². The smallest absolute Gasteiger partial charge is 0.286 e. The number of hydrogen-bond donors (Lipinski definition) is 2. The van der Waals surface area contributed by atoms with E-state index in [4.69, 9.17) is 16.3 Å². The minimum Gasteiger partial charge on any atom is -0.379 e. The molecule has 8 nitrogen and oxygen atoms in total. The first kappa shape index (κ1) is 21.0. The quantitative estimate of drug-likeness (QED) is 0.604. The molecule has 0 radical (unpaired) electrons. The number of nitrogens with one attached hydrogen (secondary N) is 2. The molecule has 2 N–H and O–H groups in total. The molecule has 1 saturated heterocycles. The van der Waals surface area contributed by atoms with Crippen molar-refractivity contribution in [3.8, 4) is 0 Å². The van der Waals surface area contributed by atoms with E-state index in [0.29, 0.717) is 21.6 Å². The fourth-order valence-electron chi connectivity index (χ4n) is 2.43. The maximum atomic E-state index is 12.2. The summed E-state index contributed by atoms with van der Waals surface area (Å²) in [7, 11) is 0. The third-order valence-corrected chi connectivity index (χ3v) is 6.19. The van der Waals surface area contributed by atoms with Gasteiger partial charge in [0.15, 0.2) is 4.34 Å². The SMILES string of the molecule is O=C(CSc1nnc(C(=O)Nc2ccc(Cl)cc2)s1)NCCN1CCOCC1. The van der Waals surface area contributed by atoms with E-state index in [9.17, 15) is 9.59 Å². The Labute approximate surface area is 176 Å². The van der Waals surface area contributed by atoms with Gasteiger partial charge in [-0.2, -0.15) is 0 Å². The number of thioether (sulfide) groups is 1. The summed E-state index contributed by atoms with van der Waals surface area (Å²) in [5, 5.41) is 14.3. The Hall–Kier alpha value is -1.72. The molecule has 2 aromatic rings. The molecule has 1 aliphatic heterocycles. The summed E-state index contributed by atoms with van der Waals surface area (Å²) in [6, 6.07) is 6.79. The zero-order valence-electron chi connectivity index (χ0n) is 15.0. The summed E-state index contributed by atoms with van der Waals surface area (Å²) in [6.07, 6.45) is 0. The summed E-state index contributed by atoms with van der Waals surface area (Å²) in [5.74, 6) is -0.182. The largest absolute Gasteiger partial charge is 0.379 e. The first-order chi connectivity index (χ1) is 13.6. The third kappa shape index (κ3) is 6.71. The predicted octanol–water partition coefficient (Wildman–Crippen LogP) is 1.98. The number of anilines is 1. The van der Waals surface area contributed by atoms with Crippen LogP contribution < -0.4 is 10.6 Å². The fourth-order valence-corrected chi connectivity index (χ4v) is 4.14. The Bertz CT molecular complexity index is 796. The second-order valence-electron chi connectivity index (χ2n) is 5.93. The van der Waals surface area contributed by atoms with E-state index >= 15 is 0 Å². The van der Waals surface area contributed by atoms with Gasteiger partial charge >= 0.3 is 0 Å². The average Bonchev–Trinajstić information content (AvgIpc) is 3.18. The van der Waals surface area contributed by atoms with Gasteiger partial charge in [0.05, 0.1) is 19.0 Å². The van der Waals surface area contributed by atoms with Crippen molar-refractivity contribution in [3.05, 3.63) is 34.3 Å². The average molecular weight is 442 g/mol. The van der Waals surface area contributed by atoms with Gasteiger partial charge < -0.3 is 15.4 Å². The van der Waals surface area contributed by atoms with Crippen LogP contribution in [0, 0.1) is 0 Å². The van der Waals surface area contributed by atoms with Crippen LogP contribution in [0.5, 0.6) is 0 Å². The molecule has 1 aromatic carbocycles. The molecule has 0 bridgehead atoms. The Kier molecular flexibility index (Phi) is 8.04. The first-order valence-electron chi connectivity index (χ1n) is 8.70. The zero-order valence-corrected chi connectivity index (χ0v) is 17.4. The van der Waals surface area contributed by atoms with Gasteiger partial charge in [-0.3, -0.25) is 14.5 Å². The number of carbonyl (C=O) groups excluding carboxylic acids is 2. The normalized spacial score (nSPS) is 14.6. The van der Waals surface area contributed by atoms with E-state index < -0.39 is 0 Å². The highest BCUT2D eigenvalue weighted by Crippen LogP contribution is 2.23. The number of benzene rings is 1. The van der Waals surface area contributed by atoms with Crippen LogP contribution in [0.25, 0.3) is 0 Å². The van der Waals surface area contributed by atoms with E-state index in [1.807, 2.05) is 0 Å². The fraction of sp³-hybridized carbons (Fsp3) is 0.412. The van der Waals surface area contributed by atoms with Gasteiger partial charge in [0.25, 0.3) is 5.91 Å². The van der Waals surface area contributed by atoms with Gasteiger partial charge in [0.1, 0.15) is 0 Å². The van der Waals surface area contributed by atoms with Crippen molar-refractivity contribution in [1.29, 1.82) is 0 Å². The molecular weight excluding hydrogens is 422 g/mol. The van der Waals surface area contributed by atoms with Crippen LogP contribution in [-0.2, 0) is 9.53 Å². The van der Waals surface area contributed by atoms with Crippen molar-refractivity contribution in [1.82, 2.24) is 20.4 Å². The van der Waals surface area contributed by atoms with Crippen LogP contribution in [0.15, 0.2) is 28.6 Å². The summed E-state index contributed by atoms with van der Waals surface area (Å²) in [5.41, 5.74) is 0.624. The predicted molar refractivity (Wildman–Crippen MR) is 110 cm³/mol. The molecule has 2 amide bonds. The summed E-state index contributed by atoms with van der Waals surface area (Å²) in [6.45, 7) is 4.70. The van der Waals surface area contributed by atoms with Crippen molar-refractivity contribution in [3.63, 3.8) is 0 Å². The number of amides is 2. The van der Waals surface area contributed by atoms with Gasteiger partial charge in [0, 0.05) is 36.9 Å². The minimum atomic E-state index is -0.346. The highest BCUT2D eigenvalue weighted by atomic mass is 35.5. The van der Waals surface area contributed by atoms with Crippen molar-refractivity contribution in [2.24, 2.45) is 0 Å². The summed E-state index contributed by atoms with van der Waals surface area (Å²) in [4.78, 5) is 26.4. The van der Waals surface area contributed by atoms with Gasteiger partial charge in [-0.1, -0.05) is 34.7 Å². The maximum absolute atomic E-state index is 12.2. The minimum absolute atomic E-state index is 0.0689. The molecule has 11 heteroatoms. The summed E-state index contributed by atoms with van der Waals surface area (Å²) < 4.78 is 5.87. The molecule has 0 saturated carbocycles. The van der Waals surface area contributed by atoms with E-state index in [1.54, 1.807) is 24.3 Å². The zero-order chi connectivity index (χ0) is 19.8. The number of morpholine rings is 1. The van der Waals surface area contributed by atoms with Gasteiger partial charge in [-0.25, -0.2) is 0 Å². The van der Waals surface area contributed by atoms with Crippen molar-refractivity contribution < 1.29 is 14.3 Å². The molecule has 0 spiro atoms.